The predicted octanol–water partition coefficient (Wildman–Crippen LogP) is 4.24. The minimum Gasteiger partial charge on any atom is -0.497 e. The number of nitrogens with zero attached hydrogens (tertiary/aromatic N) is 1. The molecule has 2 aromatic rings. The van der Waals surface area contributed by atoms with Gasteiger partial charge in [-0.15, -0.1) is 0 Å². The Kier molecular flexibility index (Phi) is 4.69. The van der Waals surface area contributed by atoms with E-state index in [1.807, 2.05) is 42.5 Å². The maximum atomic E-state index is 12.0. The molecule has 4 nitrogen and oxygen atoms in total. The van der Waals surface area contributed by atoms with Crippen LogP contribution >= 0.6 is 23.4 Å². The lowest BCUT2D eigenvalue weighted by Gasteiger charge is -1.99. The molecule has 1 aliphatic rings. The number of benzene rings is 2. The van der Waals surface area contributed by atoms with Crippen molar-refractivity contribution in [3.63, 3.8) is 0 Å². The van der Waals surface area contributed by atoms with Crippen LogP contribution in [0.15, 0.2) is 58.4 Å². The highest BCUT2D eigenvalue weighted by Gasteiger charge is 2.23. The molecule has 1 saturated heterocycles. The number of rotatable bonds is 3. The summed E-state index contributed by atoms with van der Waals surface area (Å²) >= 11 is 7.37. The quantitative estimate of drug-likeness (QED) is 0.847. The lowest BCUT2D eigenvalue weighted by atomic mass is 10.2. The molecule has 1 heterocycles. The number of thioether (sulfide) groups is 1. The highest BCUT2D eigenvalue weighted by atomic mass is 35.5. The summed E-state index contributed by atoms with van der Waals surface area (Å²) in [6.07, 6.45) is 1.81. The third kappa shape index (κ3) is 3.75. The predicted molar refractivity (Wildman–Crippen MR) is 95.3 cm³/mol. The Balaban J connectivity index is 1.82. The molecule has 0 aliphatic carbocycles. The van der Waals surface area contributed by atoms with E-state index in [2.05, 4.69) is 10.3 Å². The molecule has 0 spiro atoms. The third-order valence-corrected chi connectivity index (χ3v) is 4.37. The van der Waals surface area contributed by atoms with E-state index in [0.29, 0.717) is 20.8 Å². The van der Waals surface area contributed by atoms with Crippen LogP contribution in [-0.2, 0) is 4.79 Å². The number of nitrogens with one attached hydrogen (secondary N) is 1. The summed E-state index contributed by atoms with van der Waals surface area (Å²) in [4.78, 5) is 17.0. The fraction of sp³-hybridized carbons (Fsp3) is 0.0588. The Morgan fingerprint density at radius 1 is 1.17 bits per heavy atom. The van der Waals surface area contributed by atoms with Gasteiger partial charge < -0.3 is 10.1 Å². The fourth-order valence-electron chi connectivity index (χ4n) is 1.98. The number of methoxy groups -OCH3 is 1. The van der Waals surface area contributed by atoms with Gasteiger partial charge in [-0.1, -0.05) is 35.9 Å². The molecule has 6 heteroatoms. The molecule has 3 rings (SSSR count). The van der Waals surface area contributed by atoms with Crippen LogP contribution in [0.5, 0.6) is 5.75 Å². The number of hydrogen-bond acceptors (Lipinski definition) is 4. The van der Waals surface area contributed by atoms with Gasteiger partial charge >= 0.3 is 0 Å². The molecule has 1 amide bonds. The van der Waals surface area contributed by atoms with Crippen molar-refractivity contribution in [2.45, 2.75) is 0 Å². The number of amides is 1. The Labute approximate surface area is 143 Å². The zero-order chi connectivity index (χ0) is 16.2. The molecule has 0 unspecified atom stereocenters. The smallest absolute Gasteiger partial charge is 0.264 e. The first-order valence-corrected chi connectivity index (χ1v) is 8.03. The number of aliphatic imine (C=N–C) groups is 1. The lowest BCUT2D eigenvalue weighted by Crippen LogP contribution is -2.19. The average Bonchev–Trinajstić information content (AvgIpc) is 2.90. The summed E-state index contributed by atoms with van der Waals surface area (Å²) in [6.45, 7) is 0. The van der Waals surface area contributed by atoms with Crippen LogP contribution in [0, 0.1) is 0 Å². The molecule has 116 valence electrons. The van der Waals surface area contributed by atoms with Crippen molar-refractivity contribution < 1.29 is 9.53 Å². The van der Waals surface area contributed by atoms with Crippen molar-refractivity contribution in [3.05, 3.63) is 64.0 Å². The fourth-order valence-corrected chi connectivity index (χ4v) is 3.00. The average molecular weight is 345 g/mol. The zero-order valence-electron chi connectivity index (χ0n) is 12.2. The van der Waals surface area contributed by atoms with Crippen LogP contribution in [0.4, 0.5) is 5.69 Å². The summed E-state index contributed by atoms with van der Waals surface area (Å²) in [5.41, 5.74) is 1.55. The van der Waals surface area contributed by atoms with E-state index in [-0.39, 0.29) is 5.91 Å². The molecule has 0 radical (unpaired) electrons. The van der Waals surface area contributed by atoms with Crippen LogP contribution in [0.3, 0.4) is 0 Å². The number of amidine groups is 1. The first kappa shape index (κ1) is 15.6. The molecule has 1 aliphatic heterocycles. The highest BCUT2D eigenvalue weighted by molar-refractivity contribution is 8.18. The molecule has 0 bridgehead atoms. The van der Waals surface area contributed by atoms with E-state index in [4.69, 9.17) is 16.3 Å². The molecular weight excluding hydrogens is 332 g/mol. The number of ether oxygens (including phenoxy) is 1. The van der Waals surface area contributed by atoms with Gasteiger partial charge in [0.2, 0.25) is 0 Å². The molecule has 2 aromatic carbocycles. The van der Waals surface area contributed by atoms with Gasteiger partial charge in [-0.25, -0.2) is 4.99 Å². The summed E-state index contributed by atoms with van der Waals surface area (Å²) in [6, 6.07) is 14.7. The number of carbonyl (C=O) groups excluding carboxylic acids is 1. The van der Waals surface area contributed by atoms with E-state index < -0.39 is 0 Å². The van der Waals surface area contributed by atoms with Crippen molar-refractivity contribution in [2.24, 2.45) is 4.99 Å². The van der Waals surface area contributed by atoms with Crippen molar-refractivity contribution in [3.8, 4) is 5.75 Å². The van der Waals surface area contributed by atoms with Crippen molar-refractivity contribution in [1.29, 1.82) is 0 Å². The second kappa shape index (κ2) is 6.89. The first-order chi connectivity index (χ1) is 11.2. The molecule has 1 N–H and O–H groups in total. The summed E-state index contributed by atoms with van der Waals surface area (Å²) in [5, 5.41) is 3.81. The van der Waals surface area contributed by atoms with E-state index in [0.717, 1.165) is 11.3 Å². The topological polar surface area (TPSA) is 50.7 Å². The van der Waals surface area contributed by atoms with Crippen LogP contribution < -0.4 is 10.1 Å². The molecular formula is C17H13ClN2O2S. The summed E-state index contributed by atoms with van der Waals surface area (Å²) in [5.74, 6) is 0.605. The Morgan fingerprint density at radius 2 is 1.91 bits per heavy atom. The summed E-state index contributed by atoms with van der Waals surface area (Å²) in [7, 11) is 1.62. The SMILES string of the molecule is COc1ccc(C=C2SC(=Nc3ccccc3Cl)NC2=O)cc1. The van der Waals surface area contributed by atoms with E-state index in [1.54, 1.807) is 19.2 Å². The molecule has 0 aromatic heterocycles. The lowest BCUT2D eigenvalue weighted by molar-refractivity contribution is -0.115. The molecule has 1 fully saturated rings. The van der Waals surface area contributed by atoms with Crippen LogP contribution in [-0.4, -0.2) is 18.2 Å². The number of hydrogen-bond donors (Lipinski definition) is 1. The monoisotopic (exact) mass is 344 g/mol. The van der Waals surface area contributed by atoms with Gasteiger partial charge in [-0.05, 0) is 47.7 Å². The van der Waals surface area contributed by atoms with Gasteiger partial charge in [-0.3, -0.25) is 4.79 Å². The van der Waals surface area contributed by atoms with Crippen molar-refractivity contribution in [1.82, 2.24) is 5.32 Å². The second-order valence-electron chi connectivity index (χ2n) is 4.71. The summed E-state index contributed by atoms with van der Waals surface area (Å²) < 4.78 is 5.12. The van der Waals surface area contributed by atoms with Crippen molar-refractivity contribution in [2.75, 3.05) is 7.11 Å². The van der Waals surface area contributed by atoms with E-state index >= 15 is 0 Å². The van der Waals surface area contributed by atoms with Gasteiger partial charge in [0.05, 0.1) is 22.7 Å². The van der Waals surface area contributed by atoms with Gasteiger partial charge in [0.15, 0.2) is 5.17 Å². The standard InChI is InChI=1S/C17H13ClN2O2S/c1-22-12-8-6-11(7-9-12)10-15-16(21)20-17(23-15)19-14-5-3-2-4-13(14)18/h2-10H,1H3,(H,19,20,21). The van der Waals surface area contributed by atoms with Gasteiger partial charge in [0.25, 0.3) is 5.91 Å². The Hall–Kier alpha value is -2.24. The Morgan fingerprint density at radius 3 is 2.61 bits per heavy atom. The van der Waals surface area contributed by atoms with Gasteiger partial charge in [0.1, 0.15) is 5.75 Å². The minimum absolute atomic E-state index is 0.170. The first-order valence-electron chi connectivity index (χ1n) is 6.84. The van der Waals surface area contributed by atoms with Crippen LogP contribution in [0.1, 0.15) is 5.56 Å². The van der Waals surface area contributed by atoms with Gasteiger partial charge in [-0.2, -0.15) is 0 Å². The largest absolute Gasteiger partial charge is 0.497 e. The third-order valence-electron chi connectivity index (χ3n) is 3.14. The van der Waals surface area contributed by atoms with Crippen molar-refractivity contribution >= 4 is 46.2 Å². The molecule has 0 atom stereocenters. The van der Waals surface area contributed by atoms with Crippen LogP contribution in [0.25, 0.3) is 6.08 Å². The highest BCUT2D eigenvalue weighted by Crippen LogP contribution is 2.30. The second-order valence-corrected chi connectivity index (χ2v) is 6.14. The molecule has 23 heavy (non-hydrogen) atoms. The maximum absolute atomic E-state index is 12.0. The molecule has 0 saturated carbocycles. The number of halogens is 1. The van der Waals surface area contributed by atoms with Gasteiger partial charge in [0, 0.05) is 0 Å². The number of carbonyl (C=O) groups is 1. The van der Waals surface area contributed by atoms with E-state index in [9.17, 15) is 4.79 Å². The number of para-hydroxylation sites is 1. The Bertz CT molecular complexity index is 800. The van der Waals surface area contributed by atoms with Crippen LogP contribution in [0.2, 0.25) is 5.02 Å². The normalized spacial score (nSPS) is 17.6. The maximum Gasteiger partial charge on any atom is 0.264 e. The minimum atomic E-state index is -0.170. The zero-order valence-corrected chi connectivity index (χ0v) is 13.8. The van der Waals surface area contributed by atoms with E-state index in [1.165, 1.54) is 11.8 Å².